The van der Waals surface area contributed by atoms with Gasteiger partial charge in [0.25, 0.3) is 0 Å². The zero-order valence-corrected chi connectivity index (χ0v) is 11.9. The van der Waals surface area contributed by atoms with Crippen molar-refractivity contribution >= 4 is 16.7 Å². The monoisotopic (exact) mass is 282 g/mol. The zero-order chi connectivity index (χ0) is 14.8. The minimum absolute atomic E-state index is 0.484. The molecule has 0 aliphatic carbocycles. The summed E-state index contributed by atoms with van der Waals surface area (Å²) < 4.78 is 7.25. The zero-order valence-electron chi connectivity index (χ0n) is 11.9. The molecule has 0 amide bonds. The average molecular weight is 282 g/mol. The maximum Gasteiger partial charge on any atom is 0.157 e. The number of nitrogens with two attached hydrogens (primary N) is 2. The second-order valence-corrected chi connectivity index (χ2v) is 4.92. The first-order chi connectivity index (χ1) is 10.2. The molecule has 2 aromatic carbocycles. The van der Waals surface area contributed by atoms with Crippen LogP contribution in [0, 0.1) is 0 Å². The van der Waals surface area contributed by atoms with Gasteiger partial charge >= 0.3 is 0 Å². The number of anilines is 1. The van der Waals surface area contributed by atoms with Crippen LogP contribution in [0.1, 0.15) is 11.1 Å². The van der Waals surface area contributed by atoms with E-state index in [0.717, 1.165) is 27.8 Å². The number of ether oxygens (including phenoxy) is 1. The van der Waals surface area contributed by atoms with Crippen LogP contribution in [0.25, 0.3) is 10.9 Å². The molecule has 0 bridgehead atoms. The summed E-state index contributed by atoms with van der Waals surface area (Å²) in [5.41, 5.74) is 14.9. The van der Waals surface area contributed by atoms with Gasteiger partial charge in [-0.3, -0.25) is 4.68 Å². The molecule has 108 valence electrons. The van der Waals surface area contributed by atoms with Crippen LogP contribution in [0.3, 0.4) is 0 Å². The Morgan fingerprint density at radius 3 is 2.67 bits per heavy atom. The molecule has 5 heteroatoms. The summed E-state index contributed by atoms with van der Waals surface area (Å²) in [6.45, 7) is 1.18. The third-order valence-electron chi connectivity index (χ3n) is 3.55. The summed E-state index contributed by atoms with van der Waals surface area (Å²) in [6, 6.07) is 14.0. The van der Waals surface area contributed by atoms with Crippen LogP contribution in [0.2, 0.25) is 0 Å². The molecular formula is C16H18N4O. The fourth-order valence-electron chi connectivity index (χ4n) is 2.54. The highest BCUT2D eigenvalue weighted by atomic mass is 16.5. The normalized spacial score (nSPS) is 11.0. The number of methoxy groups -OCH3 is 1. The first kappa shape index (κ1) is 13.5. The van der Waals surface area contributed by atoms with Crippen LogP contribution >= 0.6 is 0 Å². The predicted molar refractivity (Wildman–Crippen MR) is 84.1 cm³/mol. The van der Waals surface area contributed by atoms with Crippen LogP contribution in [0.4, 0.5) is 5.82 Å². The number of aromatic nitrogens is 2. The van der Waals surface area contributed by atoms with Crippen LogP contribution in [-0.2, 0) is 13.1 Å². The lowest BCUT2D eigenvalue weighted by atomic mass is 10.1. The molecule has 0 spiro atoms. The van der Waals surface area contributed by atoms with E-state index in [0.29, 0.717) is 18.9 Å². The number of rotatable bonds is 4. The van der Waals surface area contributed by atoms with E-state index in [9.17, 15) is 0 Å². The Morgan fingerprint density at radius 2 is 1.90 bits per heavy atom. The van der Waals surface area contributed by atoms with Gasteiger partial charge in [-0.2, -0.15) is 5.10 Å². The Labute approximate surface area is 123 Å². The molecular weight excluding hydrogens is 264 g/mol. The lowest BCUT2D eigenvalue weighted by Crippen LogP contribution is -2.04. The summed E-state index contributed by atoms with van der Waals surface area (Å²) in [4.78, 5) is 0. The van der Waals surface area contributed by atoms with Gasteiger partial charge in [0, 0.05) is 6.54 Å². The van der Waals surface area contributed by atoms with Crippen molar-refractivity contribution in [3.05, 3.63) is 53.6 Å². The number of hydrogen-bond acceptors (Lipinski definition) is 4. The number of hydrogen-bond donors (Lipinski definition) is 2. The molecule has 0 radical (unpaired) electrons. The highest BCUT2D eigenvalue weighted by Crippen LogP contribution is 2.30. The molecule has 1 heterocycles. The van der Waals surface area contributed by atoms with Crippen molar-refractivity contribution in [3.63, 3.8) is 0 Å². The molecule has 0 saturated carbocycles. The molecule has 0 atom stereocenters. The van der Waals surface area contributed by atoms with Gasteiger partial charge in [0.05, 0.1) is 24.6 Å². The quantitative estimate of drug-likeness (QED) is 0.768. The Hall–Kier alpha value is -2.53. The van der Waals surface area contributed by atoms with Gasteiger partial charge in [-0.25, -0.2) is 0 Å². The summed E-state index contributed by atoms with van der Waals surface area (Å²) >= 11 is 0. The molecule has 0 unspecified atom stereocenters. The van der Waals surface area contributed by atoms with E-state index in [1.807, 2.05) is 35.0 Å². The smallest absolute Gasteiger partial charge is 0.157 e. The van der Waals surface area contributed by atoms with Crippen molar-refractivity contribution in [3.8, 4) is 5.75 Å². The van der Waals surface area contributed by atoms with Crippen LogP contribution in [0.5, 0.6) is 5.75 Å². The van der Waals surface area contributed by atoms with E-state index in [4.69, 9.17) is 16.2 Å². The molecule has 0 aliphatic heterocycles. The van der Waals surface area contributed by atoms with Gasteiger partial charge in [0.2, 0.25) is 0 Å². The highest BCUT2D eigenvalue weighted by molar-refractivity contribution is 5.94. The van der Waals surface area contributed by atoms with Crippen molar-refractivity contribution in [1.29, 1.82) is 0 Å². The number of nitrogens with zero attached hydrogens (tertiary/aromatic N) is 2. The summed E-state index contributed by atoms with van der Waals surface area (Å²) in [5, 5.41) is 5.29. The number of nitrogen functional groups attached to an aromatic ring is 1. The second kappa shape index (κ2) is 5.46. The van der Waals surface area contributed by atoms with Gasteiger partial charge in [-0.05, 0) is 23.3 Å². The van der Waals surface area contributed by atoms with Crippen molar-refractivity contribution in [2.24, 2.45) is 5.73 Å². The molecule has 21 heavy (non-hydrogen) atoms. The van der Waals surface area contributed by atoms with E-state index in [1.165, 1.54) is 0 Å². The molecule has 0 saturated heterocycles. The minimum atomic E-state index is 0.484. The van der Waals surface area contributed by atoms with E-state index < -0.39 is 0 Å². The van der Waals surface area contributed by atoms with Crippen molar-refractivity contribution in [2.75, 3.05) is 12.8 Å². The van der Waals surface area contributed by atoms with Crippen molar-refractivity contribution in [2.45, 2.75) is 13.1 Å². The average Bonchev–Trinajstić information content (AvgIpc) is 2.84. The van der Waals surface area contributed by atoms with E-state index in [1.54, 1.807) is 7.11 Å². The highest BCUT2D eigenvalue weighted by Gasteiger charge is 2.12. The van der Waals surface area contributed by atoms with Crippen LogP contribution in [-0.4, -0.2) is 16.9 Å². The fraction of sp³-hybridized carbons (Fsp3) is 0.188. The molecule has 3 rings (SSSR count). The molecule has 0 aliphatic rings. The van der Waals surface area contributed by atoms with Gasteiger partial charge in [0.15, 0.2) is 5.82 Å². The van der Waals surface area contributed by atoms with E-state index in [2.05, 4.69) is 17.2 Å². The fourth-order valence-corrected chi connectivity index (χ4v) is 2.54. The standard InChI is InChI=1S/C16H18N4O/c1-21-14-7-3-6-13-15(14)16(18)19-20(13)10-12-5-2-4-11(8-12)9-17/h2-8H,9-10,17H2,1H3,(H2,18,19). The maximum absolute atomic E-state index is 6.03. The van der Waals surface area contributed by atoms with Crippen LogP contribution in [0.15, 0.2) is 42.5 Å². The summed E-state index contributed by atoms with van der Waals surface area (Å²) in [6.07, 6.45) is 0. The molecule has 1 aromatic heterocycles. The largest absolute Gasteiger partial charge is 0.496 e. The van der Waals surface area contributed by atoms with E-state index in [-0.39, 0.29) is 0 Å². The van der Waals surface area contributed by atoms with Crippen molar-refractivity contribution < 1.29 is 4.74 Å². The summed E-state index contributed by atoms with van der Waals surface area (Å²) in [5.74, 6) is 1.23. The van der Waals surface area contributed by atoms with Gasteiger partial charge in [-0.1, -0.05) is 30.3 Å². The Bertz CT molecular complexity index is 779. The summed E-state index contributed by atoms with van der Waals surface area (Å²) in [7, 11) is 1.64. The van der Waals surface area contributed by atoms with E-state index >= 15 is 0 Å². The van der Waals surface area contributed by atoms with Crippen molar-refractivity contribution in [1.82, 2.24) is 9.78 Å². The second-order valence-electron chi connectivity index (χ2n) is 4.92. The number of benzene rings is 2. The Morgan fingerprint density at radius 1 is 1.14 bits per heavy atom. The molecule has 4 N–H and O–H groups in total. The number of fused-ring (bicyclic) bond motifs is 1. The van der Waals surface area contributed by atoms with Gasteiger partial charge in [-0.15, -0.1) is 0 Å². The third-order valence-corrected chi connectivity index (χ3v) is 3.55. The molecule has 0 fully saturated rings. The lowest BCUT2D eigenvalue weighted by molar-refractivity contribution is 0.420. The SMILES string of the molecule is COc1cccc2c1c(N)nn2Cc1cccc(CN)c1. The maximum atomic E-state index is 6.03. The predicted octanol–water partition coefficient (Wildman–Crippen LogP) is 2.13. The van der Waals surface area contributed by atoms with Crippen LogP contribution < -0.4 is 16.2 Å². The van der Waals surface area contributed by atoms with Gasteiger partial charge < -0.3 is 16.2 Å². The lowest BCUT2D eigenvalue weighted by Gasteiger charge is -2.06. The topological polar surface area (TPSA) is 79.1 Å². The molecule has 5 nitrogen and oxygen atoms in total. The minimum Gasteiger partial charge on any atom is -0.496 e. The first-order valence-electron chi connectivity index (χ1n) is 6.80. The third kappa shape index (κ3) is 2.43. The Balaban J connectivity index is 2.05. The van der Waals surface area contributed by atoms with Gasteiger partial charge in [0.1, 0.15) is 5.75 Å². The molecule has 3 aromatic rings. The Kier molecular flexibility index (Phi) is 3.50. The first-order valence-corrected chi connectivity index (χ1v) is 6.80.